The van der Waals surface area contributed by atoms with Gasteiger partial charge in [-0.25, -0.2) is 8.42 Å². The van der Waals surface area contributed by atoms with Crippen molar-refractivity contribution >= 4 is 15.6 Å². The van der Waals surface area contributed by atoms with Gasteiger partial charge in [0.25, 0.3) is 0 Å². The topological polar surface area (TPSA) is 51.2 Å². The number of sulfone groups is 1. The van der Waals surface area contributed by atoms with Gasteiger partial charge in [0.15, 0.2) is 9.84 Å². The van der Waals surface area contributed by atoms with Crippen molar-refractivity contribution in [3.05, 3.63) is 29.8 Å². The lowest BCUT2D eigenvalue weighted by atomic mass is 10.1. The number of carbonyl (C=O) groups excluding carboxylic acids is 1. The molecule has 0 aliphatic carbocycles. The van der Waals surface area contributed by atoms with Crippen molar-refractivity contribution in [3.8, 4) is 0 Å². The zero-order valence-corrected chi connectivity index (χ0v) is 11.1. The second-order valence-corrected chi connectivity index (χ2v) is 6.29. The van der Waals surface area contributed by atoms with Gasteiger partial charge in [-0.3, -0.25) is 4.79 Å². The first-order chi connectivity index (χ1) is 7.99. The fourth-order valence-electron chi connectivity index (χ4n) is 1.58. The van der Waals surface area contributed by atoms with Crippen LogP contribution in [-0.4, -0.2) is 20.0 Å². The molecule has 0 amide bonds. The van der Waals surface area contributed by atoms with E-state index < -0.39 is 9.84 Å². The van der Waals surface area contributed by atoms with Crippen molar-refractivity contribution < 1.29 is 13.2 Å². The molecule has 0 aliphatic rings. The molecule has 0 fully saturated rings. The Morgan fingerprint density at radius 3 is 2.18 bits per heavy atom. The Kier molecular flexibility index (Phi) is 4.87. The first kappa shape index (κ1) is 13.9. The number of rotatable bonds is 6. The highest BCUT2D eigenvalue weighted by Gasteiger charge is 2.11. The lowest BCUT2D eigenvalue weighted by Gasteiger charge is -2.03. The molecule has 0 unspecified atom stereocenters. The molecule has 0 N–H and O–H groups in total. The smallest absolute Gasteiger partial charge is 0.178 e. The van der Waals surface area contributed by atoms with Gasteiger partial charge in [-0.05, 0) is 24.1 Å². The number of benzene rings is 1. The summed E-state index contributed by atoms with van der Waals surface area (Å²) in [5.74, 6) is 0.291. The van der Waals surface area contributed by atoms with Crippen LogP contribution in [-0.2, 0) is 21.1 Å². The van der Waals surface area contributed by atoms with E-state index in [0.717, 1.165) is 12.0 Å². The average molecular weight is 254 g/mol. The molecule has 0 saturated carbocycles. The molecule has 0 atom stereocenters. The van der Waals surface area contributed by atoms with E-state index in [1.165, 1.54) is 0 Å². The number of hydrogen-bond acceptors (Lipinski definition) is 3. The van der Waals surface area contributed by atoms with Gasteiger partial charge in [-0.1, -0.05) is 26.0 Å². The highest BCUT2D eigenvalue weighted by Crippen LogP contribution is 2.13. The van der Waals surface area contributed by atoms with Gasteiger partial charge < -0.3 is 0 Å². The molecule has 0 bridgehead atoms. The first-order valence-corrected chi connectivity index (χ1v) is 7.48. The molecule has 0 aliphatic heterocycles. The normalized spacial score (nSPS) is 11.4. The Labute approximate surface area is 103 Å². The van der Waals surface area contributed by atoms with Crippen LogP contribution in [0.3, 0.4) is 0 Å². The third kappa shape index (κ3) is 3.97. The maximum atomic E-state index is 11.6. The fraction of sp³-hybridized carbons (Fsp3) is 0.462. The van der Waals surface area contributed by atoms with Crippen molar-refractivity contribution in [1.82, 2.24) is 0 Å². The van der Waals surface area contributed by atoms with Crippen molar-refractivity contribution in [2.24, 2.45) is 0 Å². The summed E-state index contributed by atoms with van der Waals surface area (Å²) in [7, 11) is -3.14. The Morgan fingerprint density at radius 1 is 1.12 bits per heavy atom. The Bertz CT molecular complexity index is 472. The lowest BCUT2D eigenvalue weighted by molar-refractivity contribution is -0.118. The second kappa shape index (κ2) is 5.96. The zero-order chi connectivity index (χ0) is 12.9. The quantitative estimate of drug-likeness (QED) is 0.783. The minimum atomic E-state index is -3.14. The zero-order valence-electron chi connectivity index (χ0n) is 10.3. The molecule has 0 heterocycles. The molecule has 17 heavy (non-hydrogen) atoms. The van der Waals surface area contributed by atoms with Crippen LogP contribution in [0.25, 0.3) is 0 Å². The van der Waals surface area contributed by atoms with Crippen LogP contribution in [0.15, 0.2) is 29.2 Å². The Hall–Kier alpha value is -1.16. The van der Waals surface area contributed by atoms with E-state index in [1.54, 1.807) is 31.2 Å². The maximum absolute atomic E-state index is 11.6. The summed E-state index contributed by atoms with van der Waals surface area (Å²) in [5.41, 5.74) is 0.874. The summed E-state index contributed by atoms with van der Waals surface area (Å²) in [6, 6.07) is 6.59. The van der Waals surface area contributed by atoms with Crippen LogP contribution in [0, 0.1) is 0 Å². The Balaban J connectivity index is 2.79. The number of Topliss-reactive ketones (excluding diaryl/α,β-unsaturated/α-hetero) is 1. The van der Waals surface area contributed by atoms with E-state index in [4.69, 9.17) is 0 Å². The van der Waals surface area contributed by atoms with Crippen molar-refractivity contribution in [2.75, 3.05) is 5.75 Å². The van der Waals surface area contributed by atoms with Gasteiger partial charge in [0.1, 0.15) is 5.78 Å². The molecule has 0 aromatic heterocycles. The summed E-state index contributed by atoms with van der Waals surface area (Å²) in [5, 5.41) is 0. The summed E-state index contributed by atoms with van der Waals surface area (Å²) in [4.78, 5) is 11.8. The largest absolute Gasteiger partial charge is 0.299 e. The molecule has 0 saturated heterocycles. The van der Waals surface area contributed by atoms with Gasteiger partial charge in [0, 0.05) is 12.8 Å². The molecule has 3 nitrogen and oxygen atoms in total. The summed E-state index contributed by atoms with van der Waals surface area (Å²) in [6.07, 6.45) is 1.82. The van der Waals surface area contributed by atoms with Crippen LogP contribution in [0.1, 0.15) is 32.3 Å². The molecular formula is C13H18O3S. The molecule has 4 heteroatoms. The van der Waals surface area contributed by atoms with Crippen molar-refractivity contribution in [1.29, 1.82) is 0 Å². The van der Waals surface area contributed by atoms with Crippen molar-refractivity contribution in [2.45, 2.75) is 38.0 Å². The van der Waals surface area contributed by atoms with E-state index in [-0.39, 0.29) is 11.5 Å². The molecule has 1 rings (SSSR count). The monoisotopic (exact) mass is 254 g/mol. The van der Waals surface area contributed by atoms with Gasteiger partial charge in [0.05, 0.1) is 10.6 Å². The maximum Gasteiger partial charge on any atom is 0.178 e. The summed E-state index contributed by atoms with van der Waals surface area (Å²) >= 11 is 0. The van der Waals surface area contributed by atoms with Gasteiger partial charge in [0.2, 0.25) is 0 Å². The summed E-state index contributed by atoms with van der Waals surface area (Å²) < 4.78 is 23.1. The van der Waals surface area contributed by atoms with Crippen LogP contribution in [0.5, 0.6) is 0 Å². The van der Waals surface area contributed by atoms with Crippen LogP contribution in [0.2, 0.25) is 0 Å². The molecule has 0 spiro atoms. The number of carbonyl (C=O) groups is 1. The van der Waals surface area contributed by atoms with Crippen LogP contribution < -0.4 is 0 Å². The molecular weight excluding hydrogens is 236 g/mol. The predicted molar refractivity (Wildman–Crippen MR) is 67.8 cm³/mol. The summed E-state index contributed by atoms with van der Waals surface area (Å²) in [6.45, 7) is 3.59. The SMILES string of the molecule is CCCC(=O)Cc1ccc(S(=O)(=O)CC)cc1. The number of hydrogen-bond donors (Lipinski definition) is 0. The molecule has 1 aromatic rings. The van der Waals surface area contributed by atoms with E-state index in [2.05, 4.69) is 0 Å². The standard InChI is InChI=1S/C13H18O3S/c1-3-5-12(14)10-11-6-8-13(9-7-11)17(15,16)4-2/h6-9H,3-5,10H2,1-2H3. The molecule has 94 valence electrons. The second-order valence-electron chi connectivity index (χ2n) is 4.01. The van der Waals surface area contributed by atoms with E-state index in [1.807, 2.05) is 6.92 Å². The lowest BCUT2D eigenvalue weighted by Crippen LogP contribution is -2.05. The predicted octanol–water partition coefficient (Wildman–Crippen LogP) is 2.39. The minimum absolute atomic E-state index is 0.0983. The van der Waals surface area contributed by atoms with E-state index in [0.29, 0.717) is 17.7 Å². The average Bonchev–Trinajstić information content (AvgIpc) is 2.30. The van der Waals surface area contributed by atoms with Gasteiger partial charge in [-0.2, -0.15) is 0 Å². The number of ketones is 1. The van der Waals surface area contributed by atoms with Crippen LogP contribution >= 0.6 is 0 Å². The Morgan fingerprint density at radius 2 is 1.71 bits per heavy atom. The van der Waals surface area contributed by atoms with Gasteiger partial charge >= 0.3 is 0 Å². The first-order valence-electron chi connectivity index (χ1n) is 5.83. The third-order valence-electron chi connectivity index (χ3n) is 2.59. The molecule has 0 radical (unpaired) electrons. The van der Waals surface area contributed by atoms with Gasteiger partial charge in [-0.15, -0.1) is 0 Å². The van der Waals surface area contributed by atoms with Crippen molar-refractivity contribution in [3.63, 3.8) is 0 Å². The highest BCUT2D eigenvalue weighted by molar-refractivity contribution is 7.91. The third-order valence-corrected chi connectivity index (χ3v) is 4.34. The van der Waals surface area contributed by atoms with E-state index >= 15 is 0 Å². The minimum Gasteiger partial charge on any atom is -0.299 e. The van der Waals surface area contributed by atoms with Crippen LogP contribution in [0.4, 0.5) is 0 Å². The fourth-order valence-corrected chi connectivity index (χ4v) is 2.46. The molecule has 1 aromatic carbocycles. The highest BCUT2D eigenvalue weighted by atomic mass is 32.2. The van der Waals surface area contributed by atoms with E-state index in [9.17, 15) is 13.2 Å².